The van der Waals surface area contributed by atoms with Crippen molar-refractivity contribution >= 4 is 16.8 Å². The van der Waals surface area contributed by atoms with Crippen LogP contribution in [0, 0.1) is 5.41 Å². The Morgan fingerprint density at radius 2 is 1.92 bits per heavy atom. The lowest BCUT2D eigenvalue weighted by Crippen LogP contribution is -2.51. The molecule has 0 spiro atoms. The summed E-state index contributed by atoms with van der Waals surface area (Å²) in [5.41, 5.74) is 3.28. The molecule has 0 atom stereocenters. The molecule has 4 heterocycles. The highest BCUT2D eigenvalue weighted by atomic mass is 16.5. The average molecular weight is 485 g/mol. The fourth-order valence-corrected chi connectivity index (χ4v) is 4.70. The molecule has 1 aliphatic carbocycles. The van der Waals surface area contributed by atoms with Crippen molar-refractivity contribution in [2.45, 2.75) is 19.4 Å². The number of nitrogens with one attached hydrogen (secondary N) is 1. The van der Waals surface area contributed by atoms with Crippen molar-refractivity contribution in [3.63, 3.8) is 0 Å². The van der Waals surface area contributed by atoms with Gasteiger partial charge in [0.05, 0.1) is 28.9 Å². The number of carbonyl (C=O) groups excluding carboxylic acids is 1. The van der Waals surface area contributed by atoms with E-state index in [9.17, 15) is 9.90 Å². The molecule has 4 aromatic rings. The van der Waals surface area contributed by atoms with E-state index in [1.807, 2.05) is 47.4 Å². The minimum Gasteiger partial charge on any atom is -0.439 e. The Hall–Kier alpha value is -3.82. The van der Waals surface area contributed by atoms with E-state index in [2.05, 4.69) is 26.1 Å². The first kappa shape index (κ1) is 22.6. The summed E-state index contributed by atoms with van der Waals surface area (Å²) < 4.78 is 5.96. The molecule has 9 nitrogen and oxygen atoms in total. The Kier molecular flexibility index (Phi) is 5.86. The predicted molar refractivity (Wildman–Crippen MR) is 134 cm³/mol. The summed E-state index contributed by atoms with van der Waals surface area (Å²) >= 11 is 0. The molecular formula is C27H28N6O3. The third-order valence-electron chi connectivity index (χ3n) is 7.14. The number of rotatable bonds is 7. The zero-order valence-corrected chi connectivity index (χ0v) is 19.9. The molecule has 2 aliphatic rings. The molecule has 0 radical (unpaired) electrons. The zero-order valence-electron chi connectivity index (χ0n) is 19.9. The fourth-order valence-electron chi connectivity index (χ4n) is 4.70. The van der Waals surface area contributed by atoms with Crippen molar-refractivity contribution in [1.29, 1.82) is 0 Å². The first-order chi connectivity index (χ1) is 17.6. The van der Waals surface area contributed by atoms with Crippen LogP contribution in [0.3, 0.4) is 0 Å². The van der Waals surface area contributed by atoms with Gasteiger partial charge < -0.3 is 14.7 Å². The Morgan fingerprint density at radius 3 is 2.61 bits per heavy atom. The summed E-state index contributed by atoms with van der Waals surface area (Å²) in [6, 6.07) is 15.6. The normalized spacial score (nSPS) is 17.3. The van der Waals surface area contributed by atoms with E-state index >= 15 is 0 Å². The quantitative estimate of drug-likeness (QED) is 0.415. The van der Waals surface area contributed by atoms with Crippen LogP contribution >= 0.6 is 0 Å². The number of amides is 1. The van der Waals surface area contributed by atoms with Gasteiger partial charge >= 0.3 is 0 Å². The molecule has 1 aromatic carbocycles. The molecule has 1 saturated carbocycles. The van der Waals surface area contributed by atoms with Gasteiger partial charge in [0.1, 0.15) is 5.75 Å². The summed E-state index contributed by atoms with van der Waals surface area (Å²) in [5.74, 6) is 1.35. The number of benzene rings is 1. The number of aromatic amines is 1. The summed E-state index contributed by atoms with van der Waals surface area (Å²) in [6.07, 6.45) is 5.08. The fraction of sp³-hybridized carbons (Fsp3) is 0.333. The number of aromatic nitrogens is 4. The minimum atomic E-state index is -0.482. The second-order valence-electron chi connectivity index (χ2n) is 9.62. The van der Waals surface area contributed by atoms with E-state index in [1.54, 1.807) is 12.4 Å². The van der Waals surface area contributed by atoms with Crippen LogP contribution in [-0.4, -0.2) is 73.8 Å². The van der Waals surface area contributed by atoms with Crippen molar-refractivity contribution in [2.75, 3.05) is 32.8 Å². The van der Waals surface area contributed by atoms with Crippen LogP contribution in [-0.2, 0) is 11.3 Å². The number of ether oxygens (including phenoxy) is 1. The second kappa shape index (κ2) is 9.33. The molecule has 2 fully saturated rings. The molecule has 0 bridgehead atoms. The van der Waals surface area contributed by atoms with Gasteiger partial charge in [-0.1, -0.05) is 6.07 Å². The van der Waals surface area contributed by atoms with E-state index in [4.69, 9.17) is 9.72 Å². The smallest absolute Gasteiger partial charge is 0.231 e. The number of fused-ring (bicyclic) bond motifs is 1. The van der Waals surface area contributed by atoms with Gasteiger partial charge in [-0.15, -0.1) is 0 Å². The number of piperazine rings is 1. The molecule has 2 N–H and O–H groups in total. The number of hydrogen-bond donors (Lipinski definition) is 2. The molecule has 0 unspecified atom stereocenters. The van der Waals surface area contributed by atoms with Gasteiger partial charge in [-0.2, -0.15) is 5.10 Å². The van der Waals surface area contributed by atoms with E-state index < -0.39 is 5.41 Å². The lowest BCUT2D eigenvalue weighted by atomic mass is 10.1. The Morgan fingerprint density at radius 1 is 1.06 bits per heavy atom. The lowest BCUT2D eigenvalue weighted by molar-refractivity contribution is -0.140. The standard InChI is InChI=1S/C27H28N6O3/c34-18-27(8-9-27)26(35)33-13-11-32(12-14-33)17-21-3-1-19-15-22(4-5-23(19)30-21)36-25-6-2-20(16-28-25)24-7-10-29-31-24/h1-7,10,15-16,34H,8-9,11-14,17-18H2,(H,29,31). The maximum absolute atomic E-state index is 12.6. The van der Waals surface area contributed by atoms with Crippen LogP contribution in [0.2, 0.25) is 0 Å². The van der Waals surface area contributed by atoms with Crippen LogP contribution < -0.4 is 4.74 Å². The van der Waals surface area contributed by atoms with Gasteiger partial charge in [0, 0.05) is 62.1 Å². The molecule has 1 saturated heterocycles. The first-order valence-corrected chi connectivity index (χ1v) is 12.3. The molecule has 184 valence electrons. The van der Waals surface area contributed by atoms with Crippen molar-refractivity contribution in [2.24, 2.45) is 5.41 Å². The first-order valence-electron chi connectivity index (χ1n) is 12.3. The molecule has 36 heavy (non-hydrogen) atoms. The maximum Gasteiger partial charge on any atom is 0.231 e. The predicted octanol–water partition coefficient (Wildman–Crippen LogP) is 3.23. The van der Waals surface area contributed by atoms with Crippen molar-refractivity contribution in [3.05, 3.63) is 66.6 Å². The summed E-state index contributed by atoms with van der Waals surface area (Å²) in [6.45, 7) is 3.73. The molecule has 1 aliphatic heterocycles. The number of nitrogens with zero attached hydrogens (tertiary/aromatic N) is 5. The van der Waals surface area contributed by atoms with E-state index in [1.165, 1.54) is 0 Å². The number of hydrogen-bond acceptors (Lipinski definition) is 7. The van der Waals surface area contributed by atoms with Gasteiger partial charge in [-0.3, -0.25) is 19.8 Å². The minimum absolute atomic E-state index is 0.0331. The van der Waals surface area contributed by atoms with Crippen molar-refractivity contribution in [1.82, 2.24) is 30.0 Å². The van der Waals surface area contributed by atoms with Crippen LogP contribution in [0.15, 0.2) is 60.9 Å². The van der Waals surface area contributed by atoms with Gasteiger partial charge in [0.15, 0.2) is 0 Å². The molecule has 1 amide bonds. The highest BCUT2D eigenvalue weighted by Crippen LogP contribution is 2.46. The highest BCUT2D eigenvalue weighted by molar-refractivity contribution is 5.85. The largest absolute Gasteiger partial charge is 0.439 e. The van der Waals surface area contributed by atoms with Gasteiger partial charge in [-0.05, 0) is 49.2 Å². The summed E-state index contributed by atoms with van der Waals surface area (Å²) in [5, 5.41) is 17.4. The second-order valence-corrected chi connectivity index (χ2v) is 9.62. The van der Waals surface area contributed by atoms with E-state index in [0.29, 0.717) is 24.7 Å². The monoisotopic (exact) mass is 484 g/mol. The zero-order chi connectivity index (χ0) is 24.5. The summed E-state index contributed by atoms with van der Waals surface area (Å²) in [7, 11) is 0. The van der Waals surface area contributed by atoms with Crippen molar-refractivity contribution in [3.8, 4) is 22.9 Å². The Balaban J connectivity index is 1.07. The molecule has 6 rings (SSSR count). The number of H-pyrrole nitrogens is 1. The van der Waals surface area contributed by atoms with Crippen molar-refractivity contribution < 1.29 is 14.6 Å². The number of aliphatic hydroxyl groups is 1. The number of aliphatic hydroxyl groups excluding tert-OH is 1. The third kappa shape index (κ3) is 4.55. The van der Waals surface area contributed by atoms with E-state index in [-0.39, 0.29) is 12.5 Å². The van der Waals surface area contributed by atoms with Crippen LogP contribution in [0.5, 0.6) is 11.6 Å². The maximum atomic E-state index is 12.6. The van der Waals surface area contributed by atoms with Gasteiger partial charge in [0.25, 0.3) is 0 Å². The van der Waals surface area contributed by atoms with Gasteiger partial charge in [-0.25, -0.2) is 4.98 Å². The number of pyridine rings is 2. The van der Waals surface area contributed by atoms with E-state index in [0.717, 1.165) is 60.3 Å². The lowest BCUT2D eigenvalue weighted by Gasteiger charge is -2.36. The Labute approximate surface area is 208 Å². The summed E-state index contributed by atoms with van der Waals surface area (Å²) in [4.78, 5) is 26.1. The van der Waals surface area contributed by atoms with Gasteiger partial charge in [0.2, 0.25) is 11.8 Å². The SMILES string of the molecule is O=C(N1CCN(Cc2ccc3cc(Oc4ccc(-c5ccn[nH]5)cn4)ccc3n2)CC1)C1(CO)CC1. The average Bonchev–Trinajstić information content (AvgIpc) is 3.53. The topological polar surface area (TPSA) is 107 Å². The Bertz CT molecular complexity index is 1360. The highest BCUT2D eigenvalue weighted by Gasteiger charge is 2.51. The van der Waals surface area contributed by atoms with Crippen LogP contribution in [0.1, 0.15) is 18.5 Å². The third-order valence-corrected chi connectivity index (χ3v) is 7.14. The number of carbonyl (C=O) groups is 1. The molecule has 9 heteroatoms. The molecular weight excluding hydrogens is 456 g/mol. The molecule has 3 aromatic heterocycles. The van der Waals surface area contributed by atoms with Crippen LogP contribution in [0.4, 0.5) is 0 Å². The van der Waals surface area contributed by atoms with Crippen LogP contribution in [0.25, 0.3) is 22.2 Å².